The zero-order chi connectivity index (χ0) is 18.5. The fraction of sp³-hybridized carbons (Fsp3) is 0.650. The van der Waals surface area contributed by atoms with Crippen LogP contribution in [0.2, 0.25) is 0 Å². The number of ketones is 1. The summed E-state index contributed by atoms with van der Waals surface area (Å²) in [5, 5.41) is 0. The van der Waals surface area contributed by atoms with Gasteiger partial charge in [-0.05, 0) is 49.7 Å². The standard InChI is InChI=1S/C20H27N3O3/c1-20(15-11-13-5-3-6-14(15)9-8-13)18(25)23(19(26)22(20)2)12-17(24)16-7-4-10-21-16/h4,7,10,13-15,21H,3,5-6,8-9,11-12H2,1-2H3/t13-,14+,15-,20+/m0/s1. The first-order chi connectivity index (χ1) is 12.4. The lowest BCUT2D eigenvalue weighted by atomic mass is 9.66. The average Bonchev–Trinajstić information content (AvgIpc) is 3.07. The summed E-state index contributed by atoms with van der Waals surface area (Å²) < 4.78 is 0. The minimum absolute atomic E-state index is 0.191. The van der Waals surface area contributed by atoms with E-state index in [4.69, 9.17) is 0 Å². The summed E-state index contributed by atoms with van der Waals surface area (Å²) >= 11 is 0. The Bertz CT molecular complexity index is 725. The van der Waals surface area contributed by atoms with Gasteiger partial charge in [-0.3, -0.25) is 14.5 Å². The maximum atomic E-state index is 13.3. The molecule has 5 rings (SSSR count). The molecule has 0 unspecified atom stereocenters. The SMILES string of the molecule is CN1C(=O)N(CC(=O)c2ccc[nH]2)C(=O)[C@@]1(C)[C@H]1C[C@H]2CCC[C@@H]1CC2. The van der Waals surface area contributed by atoms with Crippen LogP contribution in [-0.4, -0.2) is 51.6 Å². The fourth-order valence-electron chi connectivity index (χ4n) is 5.45. The minimum Gasteiger partial charge on any atom is -0.359 e. The maximum Gasteiger partial charge on any atom is 0.327 e. The van der Waals surface area contributed by atoms with Gasteiger partial charge in [0.25, 0.3) is 5.91 Å². The lowest BCUT2D eigenvalue weighted by molar-refractivity contribution is -0.136. The number of fused-ring (bicyclic) bond motifs is 4. The summed E-state index contributed by atoms with van der Waals surface area (Å²) in [4.78, 5) is 44.2. The van der Waals surface area contributed by atoms with Crippen LogP contribution in [0.1, 0.15) is 55.9 Å². The first kappa shape index (κ1) is 17.3. The van der Waals surface area contributed by atoms with E-state index in [1.165, 1.54) is 19.3 Å². The highest BCUT2D eigenvalue weighted by molar-refractivity contribution is 6.10. The molecule has 3 aliphatic carbocycles. The normalized spacial score (nSPS) is 34.5. The number of aromatic amines is 1. The molecule has 1 aromatic rings. The molecule has 2 heterocycles. The van der Waals surface area contributed by atoms with Gasteiger partial charge in [-0.1, -0.05) is 25.7 Å². The molecule has 0 spiro atoms. The fourth-order valence-corrected chi connectivity index (χ4v) is 5.45. The van der Waals surface area contributed by atoms with Gasteiger partial charge in [-0.25, -0.2) is 4.79 Å². The summed E-state index contributed by atoms with van der Waals surface area (Å²) in [6.07, 6.45) is 8.70. The lowest BCUT2D eigenvalue weighted by Gasteiger charge is -2.44. The number of amides is 3. The van der Waals surface area contributed by atoms with Crippen LogP contribution >= 0.6 is 0 Å². The van der Waals surface area contributed by atoms with Crippen molar-refractivity contribution in [2.75, 3.05) is 13.6 Å². The Hall–Kier alpha value is -2.11. The third-order valence-corrected chi connectivity index (χ3v) is 7.10. The van der Waals surface area contributed by atoms with Crippen LogP contribution < -0.4 is 0 Å². The summed E-state index contributed by atoms with van der Waals surface area (Å²) in [5.74, 6) is 0.911. The number of carbonyl (C=O) groups excluding carboxylic acids is 3. The number of aromatic nitrogens is 1. The van der Waals surface area contributed by atoms with Gasteiger partial charge in [0.05, 0.1) is 12.2 Å². The first-order valence-electron chi connectivity index (χ1n) is 9.69. The number of likely N-dealkylation sites (N-methyl/N-ethyl adjacent to an activating group) is 1. The smallest absolute Gasteiger partial charge is 0.327 e. The van der Waals surface area contributed by atoms with Gasteiger partial charge in [0.2, 0.25) is 0 Å². The third kappa shape index (κ3) is 2.49. The number of nitrogens with zero attached hydrogens (tertiary/aromatic N) is 2. The second-order valence-electron chi connectivity index (χ2n) is 8.36. The molecule has 6 heteroatoms. The molecule has 6 nitrogen and oxygen atoms in total. The number of nitrogens with one attached hydrogen (secondary N) is 1. The monoisotopic (exact) mass is 357 g/mol. The molecule has 4 fully saturated rings. The number of rotatable bonds is 4. The van der Waals surface area contributed by atoms with Crippen LogP contribution in [0.5, 0.6) is 0 Å². The molecule has 26 heavy (non-hydrogen) atoms. The number of urea groups is 1. The highest BCUT2D eigenvalue weighted by Gasteiger charge is 2.59. The molecule has 140 valence electrons. The van der Waals surface area contributed by atoms with Crippen LogP contribution in [0, 0.1) is 17.8 Å². The summed E-state index contributed by atoms with van der Waals surface area (Å²) in [6, 6.07) is 3.05. The molecule has 1 aliphatic heterocycles. The Morgan fingerprint density at radius 2 is 2.08 bits per heavy atom. The van der Waals surface area contributed by atoms with E-state index < -0.39 is 5.54 Å². The quantitative estimate of drug-likeness (QED) is 0.665. The van der Waals surface area contributed by atoms with Crippen LogP contribution in [-0.2, 0) is 4.79 Å². The Morgan fingerprint density at radius 1 is 1.27 bits per heavy atom. The van der Waals surface area contributed by atoms with Crippen molar-refractivity contribution in [3.63, 3.8) is 0 Å². The van der Waals surface area contributed by atoms with Crippen molar-refractivity contribution in [3.05, 3.63) is 24.0 Å². The van der Waals surface area contributed by atoms with Crippen molar-refractivity contribution in [3.8, 4) is 0 Å². The number of H-pyrrole nitrogens is 1. The average molecular weight is 357 g/mol. The Morgan fingerprint density at radius 3 is 2.81 bits per heavy atom. The molecule has 0 radical (unpaired) electrons. The van der Waals surface area contributed by atoms with Crippen LogP contribution in [0.4, 0.5) is 4.79 Å². The van der Waals surface area contributed by atoms with Crippen molar-refractivity contribution < 1.29 is 14.4 Å². The highest BCUT2D eigenvalue weighted by Crippen LogP contribution is 2.50. The number of hydrogen-bond donors (Lipinski definition) is 1. The van der Waals surface area contributed by atoms with Gasteiger partial charge in [0.15, 0.2) is 5.78 Å². The van der Waals surface area contributed by atoms with Crippen molar-refractivity contribution >= 4 is 17.7 Å². The lowest BCUT2D eigenvalue weighted by Crippen LogP contribution is -2.54. The number of carbonyl (C=O) groups is 3. The summed E-state index contributed by atoms with van der Waals surface area (Å²) in [7, 11) is 1.72. The first-order valence-corrected chi connectivity index (χ1v) is 9.69. The van der Waals surface area contributed by atoms with E-state index in [-0.39, 0.29) is 30.2 Å². The second kappa shape index (κ2) is 6.25. The Balaban J connectivity index is 1.60. The van der Waals surface area contributed by atoms with E-state index in [1.807, 2.05) is 6.92 Å². The topological polar surface area (TPSA) is 73.5 Å². The van der Waals surface area contributed by atoms with Gasteiger partial charge < -0.3 is 9.88 Å². The Kier molecular flexibility index (Phi) is 4.16. The van der Waals surface area contributed by atoms with Gasteiger partial charge in [0, 0.05) is 13.2 Å². The van der Waals surface area contributed by atoms with E-state index in [1.54, 1.807) is 30.3 Å². The molecular formula is C20H27N3O3. The molecule has 1 aromatic heterocycles. The molecule has 3 amide bonds. The molecule has 4 atom stereocenters. The summed E-state index contributed by atoms with van der Waals surface area (Å²) in [5.41, 5.74) is -0.406. The number of Topliss-reactive ketones (excluding diaryl/α,β-unsaturated/α-hetero) is 1. The van der Waals surface area contributed by atoms with Crippen molar-refractivity contribution in [2.45, 2.75) is 51.0 Å². The summed E-state index contributed by atoms with van der Waals surface area (Å²) in [6.45, 7) is 1.72. The molecule has 0 aromatic carbocycles. The van der Waals surface area contributed by atoms with Crippen molar-refractivity contribution in [1.82, 2.24) is 14.8 Å². The largest absolute Gasteiger partial charge is 0.359 e. The van der Waals surface area contributed by atoms with Crippen molar-refractivity contribution in [2.24, 2.45) is 17.8 Å². The molecule has 4 aliphatic rings. The van der Waals surface area contributed by atoms with E-state index in [0.717, 1.165) is 24.2 Å². The zero-order valence-electron chi connectivity index (χ0n) is 15.5. The molecule has 1 saturated heterocycles. The number of hydrogen-bond acceptors (Lipinski definition) is 3. The second-order valence-corrected chi connectivity index (χ2v) is 8.36. The van der Waals surface area contributed by atoms with Crippen molar-refractivity contribution in [1.29, 1.82) is 0 Å². The number of imide groups is 1. The minimum atomic E-state index is -0.833. The zero-order valence-corrected chi connectivity index (χ0v) is 15.5. The van der Waals surface area contributed by atoms with Gasteiger partial charge in [0.1, 0.15) is 5.54 Å². The predicted molar refractivity (Wildman–Crippen MR) is 96.6 cm³/mol. The molecular weight excluding hydrogens is 330 g/mol. The van der Waals surface area contributed by atoms with Crippen LogP contribution in [0.25, 0.3) is 0 Å². The highest BCUT2D eigenvalue weighted by atomic mass is 16.2. The maximum absolute atomic E-state index is 13.3. The van der Waals surface area contributed by atoms with Gasteiger partial charge in [-0.15, -0.1) is 0 Å². The van der Waals surface area contributed by atoms with E-state index in [2.05, 4.69) is 4.98 Å². The van der Waals surface area contributed by atoms with Crippen LogP contribution in [0.15, 0.2) is 18.3 Å². The molecule has 3 saturated carbocycles. The molecule has 1 N–H and O–H groups in total. The third-order valence-electron chi connectivity index (χ3n) is 7.10. The van der Waals surface area contributed by atoms with E-state index in [9.17, 15) is 14.4 Å². The molecule has 2 bridgehead atoms. The van der Waals surface area contributed by atoms with Gasteiger partial charge >= 0.3 is 6.03 Å². The predicted octanol–water partition coefficient (Wildman–Crippen LogP) is 3.07. The van der Waals surface area contributed by atoms with E-state index >= 15 is 0 Å². The van der Waals surface area contributed by atoms with E-state index in [0.29, 0.717) is 17.5 Å². The Labute approximate surface area is 153 Å². The van der Waals surface area contributed by atoms with Crippen LogP contribution in [0.3, 0.4) is 0 Å². The van der Waals surface area contributed by atoms with Gasteiger partial charge in [-0.2, -0.15) is 0 Å².